The fourth-order valence-corrected chi connectivity index (χ4v) is 2.67. The molecule has 0 bridgehead atoms. The predicted octanol–water partition coefficient (Wildman–Crippen LogP) is 3.79. The third-order valence-corrected chi connectivity index (χ3v) is 4.40. The van der Waals surface area contributed by atoms with Crippen molar-refractivity contribution in [2.75, 3.05) is 18.4 Å². The van der Waals surface area contributed by atoms with E-state index in [0.717, 1.165) is 29.0 Å². The normalized spacial score (nSPS) is 13.9. The van der Waals surface area contributed by atoms with E-state index in [4.69, 9.17) is 4.74 Å². The number of anilines is 1. The molecule has 1 fully saturated rings. The second-order valence-corrected chi connectivity index (χ2v) is 6.24. The summed E-state index contributed by atoms with van der Waals surface area (Å²) >= 11 is 1.65. The number of nitrogens with one attached hydrogen (secondary N) is 1. The van der Waals surface area contributed by atoms with Crippen LogP contribution >= 0.6 is 11.8 Å². The predicted molar refractivity (Wildman–Crippen MR) is 88.8 cm³/mol. The standard InChI is InChI=1S/C17H18N2O2S/c1-21-11-22-14-9-7-12(8-10-14)15-3-2-4-16(18-15)19-17(20)13-5-6-13/h2-4,7-10,13H,5-6,11H2,1H3,(H,18,19,20). The SMILES string of the molecule is COCSc1ccc(-c2cccc(NC(=O)C3CC3)n2)cc1. The van der Waals surface area contributed by atoms with Gasteiger partial charge in [0.15, 0.2) is 0 Å². The van der Waals surface area contributed by atoms with Crippen LogP contribution in [-0.4, -0.2) is 23.9 Å². The Kier molecular flexibility index (Phi) is 4.75. The number of ether oxygens (including phenoxy) is 1. The first kappa shape index (κ1) is 15.1. The molecule has 0 aliphatic heterocycles. The molecule has 0 spiro atoms. The second-order valence-electron chi connectivity index (χ2n) is 5.25. The Morgan fingerprint density at radius 1 is 1.27 bits per heavy atom. The average Bonchev–Trinajstić information content (AvgIpc) is 3.39. The summed E-state index contributed by atoms with van der Waals surface area (Å²) in [5, 5.41) is 2.88. The Bertz CT molecular complexity index is 654. The van der Waals surface area contributed by atoms with Crippen LogP contribution in [0, 0.1) is 5.92 Å². The fraction of sp³-hybridized carbons (Fsp3) is 0.294. The third kappa shape index (κ3) is 3.87. The minimum atomic E-state index is 0.0796. The van der Waals surface area contributed by atoms with Gasteiger partial charge < -0.3 is 10.1 Å². The van der Waals surface area contributed by atoms with Gasteiger partial charge in [-0.25, -0.2) is 4.98 Å². The molecule has 3 rings (SSSR count). The molecule has 0 radical (unpaired) electrons. The largest absolute Gasteiger partial charge is 0.374 e. The molecule has 0 atom stereocenters. The number of thioether (sulfide) groups is 1. The van der Waals surface area contributed by atoms with Crippen LogP contribution in [0.1, 0.15) is 12.8 Å². The maximum Gasteiger partial charge on any atom is 0.228 e. The van der Waals surface area contributed by atoms with Crippen molar-refractivity contribution in [1.82, 2.24) is 4.98 Å². The third-order valence-electron chi connectivity index (χ3n) is 3.44. The first-order chi connectivity index (χ1) is 10.8. The van der Waals surface area contributed by atoms with E-state index in [1.165, 1.54) is 0 Å². The van der Waals surface area contributed by atoms with Gasteiger partial charge in [0.1, 0.15) is 5.82 Å². The van der Waals surface area contributed by atoms with Gasteiger partial charge in [-0.3, -0.25) is 4.79 Å². The number of rotatable bonds is 6. The number of hydrogen-bond acceptors (Lipinski definition) is 4. The van der Waals surface area contributed by atoms with Crippen LogP contribution < -0.4 is 5.32 Å². The highest BCUT2D eigenvalue weighted by molar-refractivity contribution is 7.99. The molecule has 1 saturated carbocycles. The van der Waals surface area contributed by atoms with Crippen molar-refractivity contribution < 1.29 is 9.53 Å². The van der Waals surface area contributed by atoms with E-state index in [-0.39, 0.29) is 11.8 Å². The lowest BCUT2D eigenvalue weighted by Gasteiger charge is -2.07. The lowest BCUT2D eigenvalue weighted by molar-refractivity contribution is -0.117. The maximum absolute atomic E-state index is 11.8. The van der Waals surface area contributed by atoms with Crippen molar-refractivity contribution in [3.8, 4) is 11.3 Å². The van der Waals surface area contributed by atoms with Crippen molar-refractivity contribution in [1.29, 1.82) is 0 Å². The van der Waals surface area contributed by atoms with Crippen LogP contribution in [0.4, 0.5) is 5.82 Å². The molecular weight excluding hydrogens is 296 g/mol. The smallest absolute Gasteiger partial charge is 0.228 e. The van der Waals surface area contributed by atoms with Crippen molar-refractivity contribution in [3.05, 3.63) is 42.5 Å². The van der Waals surface area contributed by atoms with Crippen molar-refractivity contribution in [2.45, 2.75) is 17.7 Å². The van der Waals surface area contributed by atoms with Gasteiger partial charge in [0.05, 0.1) is 11.6 Å². The Balaban J connectivity index is 1.72. The van der Waals surface area contributed by atoms with E-state index in [9.17, 15) is 4.79 Å². The Labute approximate surface area is 134 Å². The summed E-state index contributed by atoms with van der Waals surface area (Å²) in [6.45, 7) is 0. The quantitative estimate of drug-likeness (QED) is 0.651. The van der Waals surface area contributed by atoms with Gasteiger partial charge in [0.2, 0.25) is 5.91 Å². The van der Waals surface area contributed by atoms with Crippen LogP contribution in [0.2, 0.25) is 0 Å². The molecule has 1 N–H and O–H groups in total. The summed E-state index contributed by atoms with van der Waals surface area (Å²) in [7, 11) is 1.69. The molecule has 0 saturated heterocycles. The van der Waals surface area contributed by atoms with E-state index >= 15 is 0 Å². The minimum Gasteiger partial charge on any atom is -0.374 e. The lowest BCUT2D eigenvalue weighted by atomic mass is 10.1. The summed E-state index contributed by atoms with van der Waals surface area (Å²) in [5.41, 5.74) is 1.89. The molecule has 1 aromatic carbocycles. The van der Waals surface area contributed by atoms with Crippen LogP contribution in [0.3, 0.4) is 0 Å². The van der Waals surface area contributed by atoms with E-state index < -0.39 is 0 Å². The first-order valence-corrected chi connectivity index (χ1v) is 8.25. The zero-order valence-corrected chi connectivity index (χ0v) is 13.2. The number of nitrogens with zero attached hydrogens (tertiary/aromatic N) is 1. The monoisotopic (exact) mass is 314 g/mol. The molecule has 5 heteroatoms. The second kappa shape index (κ2) is 6.94. The number of hydrogen-bond donors (Lipinski definition) is 1. The maximum atomic E-state index is 11.8. The number of methoxy groups -OCH3 is 1. The van der Waals surface area contributed by atoms with Crippen LogP contribution in [-0.2, 0) is 9.53 Å². The summed E-state index contributed by atoms with van der Waals surface area (Å²) in [6.07, 6.45) is 1.98. The number of benzene rings is 1. The lowest BCUT2D eigenvalue weighted by Crippen LogP contribution is -2.14. The van der Waals surface area contributed by atoms with Gasteiger partial charge in [-0.1, -0.05) is 30.0 Å². The first-order valence-electron chi connectivity index (χ1n) is 7.26. The summed E-state index contributed by atoms with van der Waals surface area (Å²) in [5.74, 6) is 1.52. The molecule has 1 heterocycles. The van der Waals surface area contributed by atoms with E-state index in [1.54, 1.807) is 18.9 Å². The van der Waals surface area contributed by atoms with E-state index in [2.05, 4.69) is 22.4 Å². The molecule has 2 aromatic rings. The Hall–Kier alpha value is -1.85. The zero-order valence-electron chi connectivity index (χ0n) is 12.4. The Morgan fingerprint density at radius 2 is 2.05 bits per heavy atom. The molecule has 1 aromatic heterocycles. The van der Waals surface area contributed by atoms with Gasteiger partial charge >= 0.3 is 0 Å². The highest BCUT2D eigenvalue weighted by Gasteiger charge is 2.29. The van der Waals surface area contributed by atoms with Crippen molar-refractivity contribution in [2.24, 2.45) is 5.92 Å². The molecule has 22 heavy (non-hydrogen) atoms. The van der Waals surface area contributed by atoms with Gasteiger partial charge in [0, 0.05) is 23.5 Å². The molecular formula is C17H18N2O2S. The zero-order chi connectivity index (χ0) is 15.4. The number of carbonyl (C=O) groups excluding carboxylic acids is 1. The fourth-order valence-electron chi connectivity index (χ4n) is 2.09. The topological polar surface area (TPSA) is 51.2 Å². The number of carbonyl (C=O) groups is 1. The molecule has 114 valence electrons. The van der Waals surface area contributed by atoms with Crippen LogP contribution in [0.5, 0.6) is 0 Å². The molecule has 1 amide bonds. The molecule has 4 nitrogen and oxygen atoms in total. The van der Waals surface area contributed by atoms with Gasteiger partial charge in [-0.2, -0.15) is 0 Å². The van der Waals surface area contributed by atoms with E-state index in [0.29, 0.717) is 11.8 Å². The number of amides is 1. The Morgan fingerprint density at radius 3 is 2.73 bits per heavy atom. The van der Waals surface area contributed by atoms with Gasteiger partial charge in [-0.05, 0) is 37.1 Å². The summed E-state index contributed by atoms with van der Waals surface area (Å²) in [4.78, 5) is 17.5. The molecule has 1 aliphatic carbocycles. The van der Waals surface area contributed by atoms with Crippen molar-refractivity contribution >= 4 is 23.5 Å². The van der Waals surface area contributed by atoms with E-state index in [1.807, 2.05) is 30.3 Å². The van der Waals surface area contributed by atoms with Gasteiger partial charge in [0.25, 0.3) is 0 Å². The number of aromatic nitrogens is 1. The summed E-state index contributed by atoms with van der Waals surface area (Å²) < 4.78 is 5.05. The highest BCUT2D eigenvalue weighted by Crippen LogP contribution is 2.30. The summed E-state index contributed by atoms with van der Waals surface area (Å²) in [6, 6.07) is 13.9. The van der Waals surface area contributed by atoms with Crippen molar-refractivity contribution in [3.63, 3.8) is 0 Å². The van der Waals surface area contributed by atoms with Crippen LogP contribution in [0.15, 0.2) is 47.4 Å². The molecule has 0 unspecified atom stereocenters. The average molecular weight is 314 g/mol. The van der Waals surface area contributed by atoms with Crippen LogP contribution in [0.25, 0.3) is 11.3 Å². The molecule has 1 aliphatic rings. The van der Waals surface area contributed by atoms with Gasteiger partial charge in [-0.15, -0.1) is 0 Å². The number of pyridine rings is 1. The highest BCUT2D eigenvalue weighted by atomic mass is 32.2. The minimum absolute atomic E-state index is 0.0796.